The number of anilines is 1. The molecule has 1 aromatic carbocycles. The summed E-state index contributed by atoms with van der Waals surface area (Å²) in [5.74, 6) is -1.21. The molecule has 2 aromatic rings. The number of amides is 2. The molecule has 0 saturated heterocycles. The van der Waals surface area contributed by atoms with E-state index in [4.69, 9.17) is 0 Å². The third-order valence-corrected chi connectivity index (χ3v) is 5.49. The molecule has 0 fully saturated rings. The van der Waals surface area contributed by atoms with Crippen molar-refractivity contribution in [2.75, 3.05) is 5.32 Å². The number of aromatic nitrogens is 1. The Hall–Kier alpha value is -2.28. The molecule has 0 saturated carbocycles. The average Bonchev–Trinajstić information content (AvgIpc) is 3.01. The fraction of sp³-hybridized carbons (Fsp3) is 0.421. The number of thiazole rings is 1. The van der Waals surface area contributed by atoms with E-state index in [0.717, 1.165) is 31.4 Å². The second-order valence-electron chi connectivity index (χ2n) is 6.79. The zero-order valence-corrected chi connectivity index (χ0v) is 15.7. The Morgan fingerprint density at radius 2 is 1.85 bits per heavy atom. The monoisotopic (exact) mass is 375 g/mol. The Morgan fingerprint density at radius 3 is 2.50 bits per heavy atom. The van der Waals surface area contributed by atoms with E-state index in [-0.39, 0.29) is 11.8 Å². The van der Waals surface area contributed by atoms with Gasteiger partial charge in [-0.25, -0.2) is 9.37 Å². The quantitative estimate of drug-likeness (QED) is 0.839. The maximum Gasteiger partial charge on any atom is 0.251 e. The molecule has 1 aliphatic rings. The summed E-state index contributed by atoms with van der Waals surface area (Å²) in [5.41, 5.74) is 1.39. The van der Waals surface area contributed by atoms with E-state index in [9.17, 15) is 14.0 Å². The summed E-state index contributed by atoms with van der Waals surface area (Å²) in [6.07, 6.45) is 4.26. The first-order valence-corrected chi connectivity index (χ1v) is 9.61. The smallest absolute Gasteiger partial charge is 0.251 e. The molecule has 0 unspecified atom stereocenters. The van der Waals surface area contributed by atoms with Crippen molar-refractivity contribution in [2.24, 2.45) is 5.92 Å². The lowest BCUT2D eigenvalue weighted by Crippen LogP contribution is -2.47. The van der Waals surface area contributed by atoms with E-state index in [0.29, 0.717) is 10.7 Å². The van der Waals surface area contributed by atoms with Crippen molar-refractivity contribution >= 4 is 28.3 Å². The third kappa shape index (κ3) is 4.27. The molecule has 2 amide bonds. The van der Waals surface area contributed by atoms with Gasteiger partial charge in [-0.15, -0.1) is 11.3 Å². The molecule has 0 bridgehead atoms. The van der Waals surface area contributed by atoms with Crippen LogP contribution in [-0.2, 0) is 17.6 Å². The van der Waals surface area contributed by atoms with Gasteiger partial charge >= 0.3 is 0 Å². The standard InChI is InChI=1S/C19H22FN3O2S/c1-11(2)16(22-17(24)12-7-9-13(20)10-8-12)18(25)23-19-21-14-5-3-4-6-15(14)26-19/h7-11,16H,3-6H2,1-2H3,(H,22,24)(H,21,23,25)/t16-/m0/s1. The molecule has 0 spiro atoms. The lowest BCUT2D eigenvalue weighted by Gasteiger charge is -2.21. The van der Waals surface area contributed by atoms with E-state index >= 15 is 0 Å². The lowest BCUT2D eigenvalue weighted by molar-refractivity contribution is -0.118. The van der Waals surface area contributed by atoms with E-state index in [1.54, 1.807) is 0 Å². The Balaban J connectivity index is 1.68. The van der Waals surface area contributed by atoms with Crippen molar-refractivity contribution in [1.82, 2.24) is 10.3 Å². The van der Waals surface area contributed by atoms with Gasteiger partial charge in [0.2, 0.25) is 5.91 Å². The number of rotatable bonds is 5. The number of carbonyl (C=O) groups excluding carboxylic acids is 2. The van der Waals surface area contributed by atoms with Crippen LogP contribution in [0.25, 0.3) is 0 Å². The van der Waals surface area contributed by atoms with Crippen LogP contribution in [0.15, 0.2) is 24.3 Å². The molecule has 1 aromatic heterocycles. The van der Waals surface area contributed by atoms with Crippen LogP contribution in [0, 0.1) is 11.7 Å². The number of hydrogen-bond donors (Lipinski definition) is 2. The fourth-order valence-electron chi connectivity index (χ4n) is 2.95. The highest BCUT2D eigenvalue weighted by Crippen LogP contribution is 2.29. The molecule has 0 radical (unpaired) electrons. The third-order valence-electron chi connectivity index (χ3n) is 4.42. The van der Waals surface area contributed by atoms with Gasteiger partial charge in [0.15, 0.2) is 5.13 Å². The fourth-order valence-corrected chi connectivity index (χ4v) is 4.00. The Bertz CT molecular complexity index is 778. The van der Waals surface area contributed by atoms with Crippen molar-refractivity contribution in [3.8, 4) is 0 Å². The number of hydrogen-bond acceptors (Lipinski definition) is 4. The van der Waals surface area contributed by atoms with Gasteiger partial charge in [-0.1, -0.05) is 13.8 Å². The Morgan fingerprint density at radius 1 is 1.15 bits per heavy atom. The van der Waals surface area contributed by atoms with Gasteiger partial charge in [-0.05, 0) is 55.9 Å². The number of fused-ring (bicyclic) bond motifs is 1. The molecular formula is C19H22FN3O2S. The first kappa shape index (κ1) is 18.5. The number of nitrogens with zero attached hydrogens (tertiary/aromatic N) is 1. The summed E-state index contributed by atoms with van der Waals surface area (Å²) in [5, 5.41) is 6.16. The van der Waals surface area contributed by atoms with E-state index in [2.05, 4.69) is 15.6 Å². The second kappa shape index (κ2) is 7.95. The van der Waals surface area contributed by atoms with Crippen molar-refractivity contribution in [2.45, 2.75) is 45.6 Å². The van der Waals surface area contributed by atoms with Crippen LogP contribution in [0.4, 0.5) is 9.52 Å². The molecular weight excluding hydrogens is 353 g/mol. The zero-order valence-electron chi connectivity index (χ0n) is 14.8. The van der Waals surface area contributed by atoms with Gasteiger partial charge in [0, 0.05) is 10.4 Å². The lowest BCUT2D eigenvalue weighted by atomic mass is 10.0. The molecule has 7 heteroatoms. The summed E-state index contributed by atoms with van der Waals surface area (Å²) in [6, 6.07) is 4.54. The van der Waals surface area contributed by atoms with Crippen molar-refractivity contribution in [3.63, 3.8) is 0 Å². The topological polar surface area (TPSA) is 71.1 Å². The van der Waals surface area contributed by atoms with Gasteiger partial charge in [0.25, 0.3) is 5.91 Å². The zero-order chi connectivity index (χ0) is 18.7. The number of benzene rings is 1. The van der Waals surface area contributed by atoms with Gasteiger partial charge in [0.05, 0.1) is 5.69 Å². The number of aryl methyl sites for hydroxylation is 2. The van der Waals surface area contributed by atoms with Crippen LogP contribution in [0.5, 0.6) is 0 Å². The molecule has 3 rings (SSSR count). The summed E-state index contributed by atoms with van der Waals surface area (Å²) in [7, 11) is 0. The minimum absolute atomic E-state index is 0.103. The summed E-state index contributed by atoms with van der Waals surface area (Å²) in [4.78, 5) is 30.8. The molecule has 5 nitrogen and oxygen atoms in total. The maximum absolute atomic E-state index is 13.0. The molecule has 1 heterocycles. The normalized spacial score (nSPS) is 14.6. The van der Waals surface area contributed by atoms with Crippen LogP contribution in [0.1, 0.15) is 47.6 Å². The minimum Gasteiger partial charge on any atom is -0.340 e. The Kier molecular flexibility index (Phi) is 5.66. The van der Waals surface area contributed by atoms with Crippen molar-refractivity contribution < 1.29 is 14.0 Å². The van der Waals surface area contributed by atoms with E-state index in [1.807, 2.05) is 13.8 Å². The van der Waals surface area contributed by atoms with Gasteiger partial charge < -0.3 is 10.6 Å². The predicted octanol–water partition coefficient (Wildman–Crippen LogP) is 3.55. The van der Waals surface area contributed by atoms with E-state index < -0.39 is 17.8 Å². The highest BCUT2D eigenvalue weighted by Gasteiger charge is 2.26. The molecule has 138 valence electrons. The molecule has 1 atom stereocenters. The highest BCUT2D eigenvalue weighted by atomic mass is 32.1. The largest absolute Gasteiger partial charge is 0.340 e. The first-order valence-electron chi connectivity index (χ1n) is 8.80. The first-order chi connectivity index (χ1) is 12.4. The SMILES string of the molecule is CC(C)[C@H](NC(=O)c1ccc(F)cc1)C(=O)Nc1nc2c(s1)CCCC2. The summed E-state index contributed by atoms with van der Waals surface area (Å²) >= 11 is 1.51. The predicted molar refractivity (Wildman–Crippen MR) is 99.9 cm³/mol. The van der Waals surface area contributed by atoms with Gasteiger partial charge in [0.1, 0.15) is 11.9 Å². The van der Waals surface area contributed by atoms with Gasteiger partial charge in [-0.2, -0.15) is 0 Å². The molecule has 2 N–H and O–H groups in total. The van der Waals surface area contributed by atoms with Crippen LogP contribution in [-0.4, -0.2) is 22.8 Å². The number of carbonyl (C=O) groups is 2. The van der Waals surface area contributed by atoms with Crippen molar-refractivity contribution in [3.05, 3.63) is 46.2 Å². The van der Waals surface area contributed by atoms with Crippen LogP contribution < -0.4 is 10.6 Å². The number of nitrogens with one attached hydrogen (secondary N) is 2. The summed E-state index contributed by atoms with van der Waals surface area (Å²) in [6.45, 7) is 3.73. The van der Waals surface area contributed by atoms with Gasteiger partial charge in [-0.3, -0.25) is 9.59 Å². The van der Waals surface area contributed by atoms with E-state index in [1.165, 1.54) is 40.5 Å². The minimum atomic E-state index is -0.700. The average molecular weight is 375 g/mol. The second-order valence-corrected chi connectivity index (χ2v) is 7.87. The highest BCUT2D eigenvalue weighted by molar-refractivity contribution is 7.15. The molecule has 0 aliphatic heterocycles. The Labute approximate surface area is 156 Å². The van der Waals surface area contributed by atoms with Crippen LogP contribution in [0.3, 0.4) is 0 Å². The number of halogens is 1. The summed E-state index contributed by atoms with van der Waals surface area (Å²) < 4.78 is 13.0. The van der Waals surface area contributed by atoms with Crippen LogP contribution in [0.2, 0.25) is 0 Å². The molecule has 26 heavy (non-hydrogen) atoms. The van der Waals surface area contributed by atoms with Crippen molar-refractivity contribution in [1.29, 1.82) is 0 Å². The molecule has 1 aliphatic carbocycles. The van der Waals surface area contributed by atoms with Crippen LogP contribution >= 0.6 is 11.3 Å². The maximum atomic E-state index is 13.0.